The van der Waals surface area contributed by atoms with Crippen LogP contribution in [-0.2, 0) is 0 Å². The van der Waals surface area contributed by atoms with E-state index in [0.29, 0.717) is 11.1 Å². The van der Waals surface area contributed by atoms with Gasteiger partial charge in [0.1, 0.15) is 0 Å². The van der Waals surface area contributed by atoms with Gasteiger partial charge in [-0.1, -0.05) is 64.1 Å². The van der Waals surface area contributed by atoms with Crippen LogP contribution >= 0.6 is 0 Å². The molecule has 0 atom stereocenters. The molecule has 0 saturated heterocycles. The van der Waals surface area contributed by atoms with Gasteiger partial charge >= 0.3 is 11.9 Å². The molecule has 0 amide bonds. The molecule has 120 valence electrons. The van der Waals surface area contributed by atoms with Gasteiger partial charge in [0.05, 0.1) is 11.1 Å². The first-order valence-electron chi connectivity index (χ1n) is 6.59. The maximum absolute atomic E-state index is 10.2. The molecule has 22 heavy (non-hydrogen) atoms. The van der Waals surface area contributed by atoms with Crippen molar-refractivity contribution < 1.29 is 19.8 Å². The minimum atomic E-state index is -0.879. The smallest absolute Gasteiger partial charge is 0.335 e. The third kappa shape index (κ3) is 10.2. The summed E-state index contributed by atoms with van der Waals surface area (Å²) in [5, 5.41) is 16.8. The van der Waals surface area contributed by atoms with Crippen LogP contribution in [0.2, 0.25) is 0 Å². The fourth-order valence-electron chi connectivity index (χ4n) is 1.16. The summed E-state index contributed by atoms with van der Waals surface area (Å²) in [5.41, 5.74) is 0.662. The van der Waals surface area contributed by atoms with Gasteiger partial charge < -0.3 is 10.2 Å². The summed E-state index contributed by atoms with van der Waals surface area (Å²) in [6, 6.07) is 16.6. The van der Waals surface area contributed by atoms with E-state index in [0.717, 1.165) is 0 Å². The Kier molecular flexibility index (Phi) is 13.2. The number of carboxylic acid groups (broad SMARTS) is 2. The van der Waals surface area contributed by atoms with E-state index in [1.54, 1.807) is 60.7 Å². The first-order chi connectivity index (χ1) is 10.0. The Morgan fingerprint density at radius 2 is 0.955 bits per heavy atom. The topological polar surface area (TPSA) is 74.6 Å². The Bertz CT molecular complexity index is 472. The lowest BCUT2D eigenvalue weighted by Gasteiger charge is -1.88. The molecule has 2 N–H and O–H groups in total. The Hall–Kier alpha value is -2.62. The second kappa shape index (κ2) is 13.4. The molecule has 0 radical (unpaired) electrons. The summed E-state index contributed by atoms with van der Waals surface area (Å²) in [4.78, 5) is 20.4. The van der Waals surface area contributed by atoms with Crippen molar-refractivity contribution in [3.05, 3.63) is 71.8 Å². The Morgan fingerprint density at radius 3 is 1.09 bits per heavy atom. The van der Waals surface area contributed by atoms with Gasteiger partial charge in [0, 0.05) is 0 Å². The molecule has 2 aromatic carbocycles. The summed E-state index contributed by atoms with van der Waals surface area (Å²) >= 11 is 0. The van der Waals surface area contributed by atoms with Crippen molar-refractivity contribution in [3.8, 4) is 0 Å². The number of hydrogen-bond donors (Lipinski definition) is 2. The molecule has 4 heteroatoms. The lowest BCUT2D eigenvalue weighted by atomic mass is 10.2. The van der Waals surface area contributed by atoms with Crippen molar-refractivity contribution in [2.24, 2.45) is 0 Å². The van der Waals surface area contributed by atoms with Gasteiger partial charge in [-0.2, -0.15) is 0 Å². The second-order valence-electron chi connectivity index (χ2n) is 4.05. The average Bonchev–Trinajstić information content (AvgIpc) is 2.50. The van der Waals surface area contributed by atoms with E-state index < -0.39 is 11.9 Å². The average molecular weight is 304 g/mol. The molecule has 0 unspecified atom stereocenters. The SMILES string of the molecule is C.CCC.O=C(O)c1ccccc1.O=C(O)c1ccccc1. The highest BCUT2D eigenvalue weighted by atomic mass is 16.4. The summed E-state index contributed by atoms with van der Waals surface area (Å²) in [5.74, 6) is -1.76. The van der Waals surface area contributed by atoms with Gasteiger partial charge in [-0.05, 0) is 24.3 Å². The molecule has 0 aliphatic rings. The van der Waals surface area contributed by atoms with Crippen LogP contribution in [0.4, 0.5) is 0 Å². The Labute approximate surface area is 132 Å². The number of hydrogen-bond acceptors (Lipinski definition) is 2. The molecule has 0 spiro atoms. The molecule has 0 heterocycles. The molecule has 2 rings (SSSR count). The fraction of sp³-hybridized carbons (Fsp3) is 0.222. The molecule has 4 nitrogen and oxygen atoms in total. The number of rotatable bonds is 2. The second-order valence-corrected chi connectivity index (χ2v) is 4.05. The summed E-state index contributed by atoms with van der Waals surface area (Å²) in [6.07, 6.45) is 1.25. The molecule has 0 aliphatic carbocycles. The van der Waals surface area contributed by atoms with Crippen molar-refractivity contribution in [2.45, 2.75) is 27.7 Å². The maximum atomic E-state index is 10.2. The van der Waals surface area contributed by atoms with Gasteiger partial charge in [0.25, 0.3) is 0 Å². The van der Waals surface area contributed by atoms with Gasteiger partial charge in [0.2, 0.25) is 0 Å². The molecular weight excluding hydrogens is 280 g/mol. The minimum absolute atomic E-state index is 0. The zero-order valence-corrected chi connectivity index (χ0v) is 12.2. The zero-order chi connectivity index (χ0) is 16.1. The summed E-state index contributed by atoms with van der Waals surface area (Å²) in [6.45, 7) is 4.25. The number of carboxylic acids is 2. The van der Waals surface area contributed by atoms with Crippen LogP contribution < -0.4 is 0 Å². The van der Waals surface area contributed by atoms with Crippen molar-refractivity contribution in [1.82, 2.24) is 0 Å². The van der Waals surface area contributed by atoms with Gasteiger partial charge in [-0.3, -0.25) is 0 Å². The molecule has 2 aromatic rings. The van der Waals surface area contributed by atoms with Crippen LogP contribution in [-0.4, -0.2) is 22.2 Å². The Balaban J connectivity index is 0. The van der Waals surface area contributed by atoms with E-state index in [4.69, 9.17) is 10.2 Å². The number of carbonyl (C=O) groups is 2. The molecule has 0 aliphatic heterocycles. The predicted octanol–water partition coefficient (Wildman–Crippen LogP) is 4.82. The fourth-order valence-corrected chi connectivity index (χ4v) is 1.16. The predicted molar refractivity (Wildman–Crippen MR) is 89.5 cm³/mol. The number of aromatic carboxylic acids is 2. The minimum Gasteiger partial charge on any atom is -0.478 e. The van der Waals surface area contributed by atoms with Crippen LogP contribution in [0, 0.1) is 0 Å². The van der Waals surface area contributed by atoms with Crippen molar-refractivity contribution in [3.63, 3.8) is 0 Å². The van der Waals surface area contributed by atoms with Crippen LogP contribution in [0.1, 0.15) is 48.4 Å². The van der Waals surface area contributed by atoms with Crippen molar-refractivity contribution in [2.75, 3.05) is 0 Å². The standard InChI is InChI=1S/2C7H6O2.C3H8.CH4/c2*8-7(9)6-4-2-1-3-5-6;1-3-2;/h2*1-5H,(H,8,9);3H2,1-2H3;1H4. The lowest BCUT2D eigenvalue weighted by molar-refractivity contribution is 0.0686. The Morgan fingerprint density at radius 1 is 0.727 bits per heavy atom. The van der Waals surface area contributed by atoms with E-state index in [2.05, 4.69) is 13.8 Å². The highest BCUT2D eigenvalue weighted by Crippen LogP contribution is 1.96. The zero-order valence-electron chi connectivity index (χ0n) is 12.2. The third-order valence-electron chi connectivity index (χ3n) is 2.04. The number of benzene rings is 2. The molecule has 0 saturated carbocycles. The maximum Gasteiger partial charge on any atom is 0.335 e. The first-order valence-corrected chi connectivity index (χ1v) is 6.59. The molecule has 0 bridgehead atoms. The summed E-state index contributed by atoms with van der Waals surface area (Å²) in [7, 11) is 0. The van der Waals surface area contributed by atoms with E-state index >= 15 is 0 Å². The first kappa shape index (κ1) is 21.7. The third-order valence-corrected chi connectivity index (χ3v) is 2.04. The summed E-state index contributed by atoms with van der Waals surface area (Å²) < 4.78 is 0. The normalized spacial score (nSPS) is 8.09. The van der Waals surface area contributed by atoms with Crippen LogP contribution in [0.15, 0.2) is 60.7 Å². The van der Waals surface area contributed by atoms with Crippen LogP contribution in [0.3, 0.4) is 0 Å². The highest BCUT2D eigenvalue weighted by Gasteiger charge is 1.97. The molecule has 0 aromatic heterocycles. The molecular formula is C18H24O4. The highest BCUT2D eigenvalue weighted by molar-refractivity contribution is 5.87. The van der Waals surface area contributed by atoms with Crippen molar-refractivity contribution >= 4 is 11.9 Å². The van der Waals surface area contributed by atoms with Gasteiger partial charge in [-0.15, -0.1) is 0 Å². The van der Waals surface area contributed by atoms with E-state index in [-0.39, 0.29) is 7.43 Å². The monoisotopic (exact) mass is 304 g/mol. The quantitative estimate of drug-likeness (QED) is 0.834. The van der Waals surface area contributed by atoms with Gasteiger partial charge in [-0.25, -0.2) is 9.59 Å². The lowest BCUT2D eigenvalue weighted by Crippen LogP contribution is -1.93. The largest absolute Gasteiger partial charge is 0.478 e. The van der Waals surface area contributed by atoms with E-state index in [1.165, 1.54) is 6.42 Å². The van der Waals surface area contributed by atoms with Crippen molar-refractivity contribution in [1.29, 1.82) is 0 Å². The van der Waals surface area contributed by atoms with E-state index in [9.17, 15) is 9.59 Å². The van der Waals surface area contributed by atoms with E-state index in [1.807, 2.05) is 0 Å². The molecule has 0 fully saturated rings. The van der Waals surface area contributed by atoms with Crippen LogP contribution in [0.5, 0.6) is 0 Å². The van der Waals surface area contributed by atoms with Crippen LogP contribution in [0.25, 0.3) is 0 Å². The van der Waals surface area contributed by atoms with Gasteiger partial charge in [0.15, 0.2) is 0 Å².